The zero-order valence-electron chi connectivity index (χ0n) is 10.8. The number of aromatic nitrogens is 1. The standard InChI is InChI=1S/C12H18F3N3/c1-9(2)16-6-10-4-5-11(17-7-10)18(3)8-12(13,14)15/h4-5,7,9,16H,6,8H2,1-3H3. The minimum absolute atomic E-state index is 0.320. The van der Waals surface area contributed by atoms with Crippen molar-refractivity contribution in [1.82, 2.24) is 10.3 Å². The van der Waals surface area contributed by atoms with Crippen molar-refractivity contribution in [1.29, 1.82) is 0 Å². The zero-order valence-corrected chi connectivity index (χ0v) is 10.8. The lowest BCUT2D eigenvalue weighted by molar-refractivity contribution is -0.119. The molecule has 1 heterocycles. The summed E-state index contributed by atoms with van der Waals surface area (Å²) in [5.74, 6) is 0.320. The van der Waals surface area contributed by atoms with Gasteiger partial charge in [0.05, 0.1) is 0 Å². The first-order valence-corrected chi connectivity index (χ1v) is 5.74. The fourth-order valence-corrected chi connectivity index (χ4v) is 1.42. The summed E-state index contributed by atoms with van der Waals surface area (Å²) in [6.07, 6.45) is -2.62. The molecule has 0 spiro atoms. The number of hydrogen-bond donors (Lipinski definition) is 1. The monoisotopic (exact) mass is 261 g/mol. The number of hydrogen-bond acceptors (Lipinski definition) is 3. The molecule has 0 aliphatic heterocycles. The van der Waals surface area contributed by atoms with E-state index in [0.29, 0.717) is 18.4 Å². The van der Waals surface area contributed by atoms with Crippen molar-refractivity contribution < 1.29 is 13.2 Å². The largest absolute Gasteiger partial charge is 0.405 e. The average Bonchev–Trinajstić information content (AvgIpc) is 2.24. The normalized spacial score (nSPS) is 11.9. The molecule has 102 valence electrons. The summed E-state index contributed by atoms with van der Waals surface area (Å²) in [4.78, 5) is 5.11. The van der Waals surface area contributed by atoms with E-state index in [1.165, 1.54) is 7.05 Å². The molecule has 0 saturated carbocycles. The second kappa shape index (κ2) is 6.04. The Hall–Kier alpha value is -1.30. The van der Waals surface area contributed by atoms with Crippen molar-refractivity contribution in [3.8, 4) is 0 Å². The summed E-state index contributed by atoms with van der Waals surface area (Å²) in [6.45, 7) is 3.72. The third kappa shape index (κ3) is 5.35. The molecule has 6 heteroatoms. The number of nitrogens with zero attached hydrogens (tertiary/aromatic N) is 2. The molecule has 0 amide bonds. The first kappa shape index (κ1) is 14.8. The van der Waals surface area contributed by atoms with E-state index in [9.17, 15) is 13.2 Å². The van der Waals surface area contributed by atoms with Gasteiger partial charge < -0.3 is 10.2 Å². The second-order valence-electron chi connectivity index (χ2n) is 4.53. The number of nitrogens with one attached hydrogen (secondary N) is 1. The summed E-state index contributed by atoms with van der Waals surface area (Å²) >= 11 is 0. The molecule has 0 atom stereocenters. The Morgan fingerprint density at radius 1 is 1.33 bits per heavy atom. The number of rotatable bonds is 5. The molecule has 0 bridgehead atoms. The molecule has 18 heavy (non-hydrogen) atoms. The van der Waals surface area contributed by atoms with E-state index in [-0.39, 0.29) is 0 Å². The molecule has 1 N–H and O–H groups in total. The summed E-state index contributed by atoms with van der Waals surface area (Å²) < 4.78 is 36.6. The van der Waals surface area contributed by atoms with Gasteiger partial charge in [-0.3, -0.25) is 0 Å². The van der Waals surface area contributed by atoms with Crippen molar-refractivity contribution in [2.75, 3.05) is 18.5 Å². The quantitative estimate of drug-likeness (QED) is 0.883. The Balaban J connectivity index is 2.59. The number of pyridine rings is 1. The first-order chi connectivity index (χ1) is 8.28. The van der Waals surface area contributed by atoms with Gasteiger partial charge in [-0.05, 0) is 11.6 Å². The summed E-state index contributed by atoms with van der Waals surface area (Å²) in [5.41, 5.74) is 0.952. The van der Waals surface area contributed by atoms with Crippen LogP contribution in [0.2, 0.25) is 0 Å². The van der Waals surface area contributed by atoms with Gasteiger partial charge in [-0.2, -0.15) is 13.2 Å². The average molecular weight is 261 g/mol. The van der Waals surface area contributed by atoms with E-state index in [1.807, 2.05) is 13.8 Å². The van der Waals surface area contributed by atoms with Crippen LogP contribution in [-0.4, -0.2) is 30.8 Å². The SMILES string of the molecule is CC(C)NCc1ccc(N(C)CC(F)(F)F)nc1. The van der Waals surface area contributed by atoms with Crippen molar-refractivity contribution >= 4 is 5.82 Å². The molecular weight excluding hydrogens is 243 g/mol. The van der Waals surface area contributed by atoms with Gasteiger partial charge in [0, 0.05) is 25.8 Å². The van der Waals surface area contributed by atoms with Crippen molar-refractivity contribution in [3.05, 3.63) is 23.9 Å². The Morgan fingerprint density at radius 2 is 2.00 bits per heavy atom. The Labute approximate surface area is 105 Å². The van der Waals surface area contributed by atoms with Crippen LogP contribution >= 0.6 is 0 Å². The highest BCUT2D eigenvalue weighted by Gasteiger charge is 2.29. The van der Waals surface area contributed by atoms with Crippen LogP contribution in [0.15, 0.2) is 18.3 Å². The van der Waals surface area contributed by atoms with Crippen LogP contribution in [0.5, 0.6) is 0 Å². The molecule has 0 unspecified atom stereocenters. The Bertz CT molecular complexity index is 360. The Kier molecular flexibility index (Phi) is 4.95. The Morgan fingerprint density at radius 3 is 2.44 bits per heavy atom. The maximum Gasteiger partial charge on any atom is 0.405 e. The highest BCUT2D eigenvalue weighted by molar-refractivity contribution is 5.38. The maximum absolute atomic E-state index is 12.2. The molecule has 1 rings (SSSR count). The number of anilines is 1. The summed E-state index contributed by atoms with van der Waals surface area (Å²) in [5, 5.41) is 3.22. The molecule has 0 aliphatic rings. The maximum atomic E-state index is 12.2. The van der Waals surface area contributed by atoms with Gasteiger partial charge in [0.2, 0.25) is 0 Å². The molecule has 3 nitrogen and oxygen atoms in total. The van der Waals surface area contributed by atoms with Crippen LogP contribution in [0.1, 0.15) is 19.4 Å². The predicted octanol–water partition coefficient (Wildman–Crippen LogP) is 2.58. The lowest BCUT2D eigenvalue weighted by Crippen LogP contribution is -2.31. The van der Waals surface area contributed by atoms with Crippen LogP contribution in [0.25, 0.3) is 0 Å². The van der Waals surface area contributed by atoms with Crippen molar-refractivity contribution in [2.45, 2.75) is 32.6 Å². The highest BCUT2D eigenvalue weighted by atomic mass is 19.4. The third-order valence-electron chi connectivity index (χ3n) is 2.33. The summed E-state index contributed by atoms with van der Waals surface area (Å²) in [6, 6.07) is 3.74. The van der Waals surface area contributed by atoms with E-state index in [1.54, 1.807) is 18.3 Å². The molecule has 0 saturated heterocycles. The van der Waals surface area contributed by atoms with Crippen LogP contribution in [-0.2, 0) is 6.54 Å². The fraction of sp³-hybridized carbons (Fsp3) is 0.583. The molecule has 0 radical (unpaired) electrons. The van der Waals surface area contributed by atoms with Crippen molar-refractivity contribution in [3.63, 3.8) is 0 Å². The van der Waals surface area contributed by atoms with Gasteiger partial charge >= 0.3 is 6.18 Å². The van der Waals surface area contributed by atoms with E-state index >= 15 is 0 Å². The van der Waals surface area contributed by atoms with Crippen molar-refractivity contribution in [2.24, 2.45) is 0 Å². The molecule has 1 aromatic heterocycles. The molecule has 0 fully saturated rings. The number of alkyl halides is 3. The van der Waals surface area contributed by atoms with Gasteiger partial charge in [-0.15, -0.1) is 0 Å². The van der Waals surface area contributed by atoms with Gasteiger partial charge in [0.25, 0.3) is 0 Å². The fourth-order valence-electron chi connectivity index (χ4n) is 1.42. The lowest BCUT2D eigenvalue weighted by atomic mass is 10.2. The van der Waals surface area contributed by atoms with Gasteiger partial charge in [0.15, 0.2) is 0 Å². The van der Waals surface area contributed by atoms with Crippen LogP contribution in [0.3, 0.4) is 0 Å². The molecule has 0 aliphatic carbocycles. The molecule has 0 aromatic carbocycles. The lowest BCUT2D eigenvalue weighted by Gasteiger charge is -2.20. The molecular formula is C12H18F3N3. The minimum atomic E-state index is -4.21. The third-order valence-corrected chi connectivity index (χ3v) is 2.33. The van der Waals surface area contributed by atoms with E-state index in [4.69, 9.17) is 0 Å². The van der Waals surface area contributed by atoms with Crippen LogP contribution in [0, 0.1) is 0 Å². The number of halogens is 3. The summed E-state index contributed by atoms with van der Waals surface area (Å²) in [7, 11) is 1.38. The minimum Gasteiger partial charge on any atom is -0.351 e. The zero-order chi connectivity index (χ0) is 13.8. The highest BCUT2D eigenvalue weighted by Crippen LogP contribution is 2.19. The van der Waals surface area contributed by atoms with E-state index in [0.717, 1.165) is 10.5 Å². The van der Waals surface area contributed by atoms with E-state index < -0.39 is 12.7 Å². The van der Waals surface area contributed by atoms with Crippen LogP contribution in [0.4, 0.5) is 19.0 Å². The first-order valence-electron chi connectivity index (χ1n) is 5.74. The second-order valence-corrected chi connectivity index (χ2v) is 4.53. The predicted molar refractivity (Wildman–Crippen MR) is 65.5 cm³/mol. The van der Waals surface area contributed by atoms with Gasteiger partial charge in [-0.1, -0.05) is 19.9 Å². The van der Waals surface area contributed by atoms with E-state index in [2.05, 4.69) is 10.3 Å². The topological polar surface area (TPSA) is 28.2 Å². The smallest absolute Gasteiger partial charge is 0.351 e. The van der Waals surface area contributed by atoms with Gasteiger partial charge in [0.1, 0.15) is 12.4 Å². The van der Waals surface area contributed by atoms with Gasteiger partial charge in [-0.25, -0.2) is 4.98 Å². The molecule has 1 aromatic rings. The van der Waals surface area contributed by atoms with Crippen LogP contribution < -0.4 is 10.2 Å².